The average Bonchev–Trinajstić information content (AvgIpc) is 2.60. The second-order valence-corrected chi connectivity index (χ2v) is 4.10. The van der Waals surface area contributed by atoms with Gasteiger partial charge in [0.05, 0.1) is 5.69 Å². The first kappa shape index (κ1) is 9.90. The number of fused-ring (bicyclic) bond motifs is 1. The summed E-state index contributed by atoms with van der Waals surface area (Å²) in [6.45, 7) is 4.26. The predicted octanol–water partition coefficient (Wildman–Crippen LogP) is 2.84. The first-order valence-corrected chi connectivity index (χ1v) is 5.04. The summed E-state index contributed by atoms with van der Waals surface area (Å²) >= 11 is 0. The van der Waals surface area contributed by atoms with Crippen LogP contribution < -0.4 is 0 Å². The summed E-state index contributed by atoms with van der Waals surface area (Å²) in [6.07, 6.45) is 1.71. The minimum Gasteiger partial charge on any atom is -0.356 e. The lowest BCUT2D eigenvalue weighted by atomic mass is 10.0. The number of aromatic nitrogens is 1. The Hall–Kier alpha value is -1.64. The molecule has 0 aliphatic rings. The lowest BCUT2D eigenvalue weighted by Crippen LogP contribution is -1.94. The topological polar surface area (TPSA) is 43.1 Å². The molecule has 0 fully saturated rings. The zero-order valence-electron chi connectivity index (χ0n) is 8.86. The maximum absolute atomic E-state index is 10.7. The number of aldehydes is 1. The Morgan fingerprint density at radius 2 is 2.27 bits per heavy atom. The first-order valence-electron chi connectivity index (χ1n) is 5.04. The highest BCUT2D eigenvalue weighted by atomic mass is 16.5. The number of benzene rings is 1. The van der Waals surface area contributed by atoms with Gasteiger partial charge in [-0.25, -0.2) is 0 Å². The highest BCUT2D eigenvalue weighted by Gasteiger charge is 2.09. The van der Waals surface area contributed by atoms with Crippen LogP contribution in [0.15, 0.2) is 22.7 Å². The standard InChI is InChI=1S/C12H13NO2/c1-8(2)5-11-10-6-9(7-14)3-4-12(10)15-13-11/h3-4,6-8H,5H2,1-2H3. The Labute approximate surface area is 88.1 Å². The van der Waals surface area contributed by atoms with Crippen molar-refractivity contribution in [1.82, 2.24) is 5.16 Å². The molecule has 1 heterocycles. The summed E-state index contributed by atoms with van der Waals surface area (Å²) in [7, 11) is 0. The van der Waals surface area contributed by atoms with Crippen LogP contribution in [0.5, 0.6) is 0 Å². The van der Waals surface area contributed by atoms with Crippen molar-refractivity contribution in [2.75, 3.05) is 0 Å². The van der Waals surface area contributed by atoms with E-state index in [0.29, 0.717) is 11.5 Å². The summed E-state index contributed by atoms with van der Waals surface area (Å²) in [5.74, 6) is 0.526. The van der Waals surface area contributed by atoms with Crippen molar-refractivity contribution >= 4 is 17.3 Å². The molecule has 0 radical (unpaired) electrons. The van der Waals surface area contributed by atoms with Crippen LogP contribution in [0.2, 0.25) is 0 Å². The van der Waals surface area contributed by atoms with Crippen molar-refractivity contribution in [2.45, 2.75) is 20.3 Å². The fourth-order valence-electron chi connectivity index (χ4n) is 1.61. The molecule has 3 heteroatoms. The molecule has 0 aliphatic heterocycles. The summed E-state index contributed by atoms with van der Waals surface area (Å²) in [6, 6.07) is 5.35. The van der Waals surface area contributed by atoms with E-state index < -0.39 is 0 Å². The molecule has 1 aromatic carbocycles. The molecule has 0 saturated carbocycles. The molecule has 15 heavy (non-hydrogen) atoms. The van der Waals surface area contributed by atoms with E-state index in [2.05, 4.69) is 19.0 Å². The molecule has 0 atom stereocenters. The zero-order chi connectivity index (χ0) is 10.8. The van der Waals surface area contributed by atoms with Gasteiger partial charge in [-0.1, -0.05) is 19.0 Å². The minimum atomic E-state index is 0.526. The van der Waals surface area contributed by atoms with Gasteiger partial charge in [0.2, 0.25) is 0 Å². The predicted molar refractivity (Wildman–Crippen MR) is 57.9 cm³/mol. The van der Waals surface area contributed by atoms with Crippen molar-refractivity contribution in [2.24, 2.45) is 5.92 Å². The van der Waals surface area contributed by atoms with E-state index in [9.17, 15) is 4.79 Å². The average molecular weight is 203 g/mol. The van der Waals surface area contributed by atoms with E-state index in [4.69, 9.17) is 4.52 Å². The van der Waals surface area contributed by atoms with Gasteiger partial charge in [-0.3, -0.25) is 4.79 Å². The Bertz CT molecular complexity index is 485. The van der Waals surface area contributed by atoms with Gasteiger partial charge in [-0.2, -0.15) is 0 Å². The van der Waals surface area contributed by atoms with Crippen LogP contribution in [0.1, 0.15) is 29.9 Å². The molecule has 0 aliphatic carbocycles. The van der Waals surface area contributed by atoms with Gasteiger partial charge >= 0.3 is 0 Å². The third-order valence-corrected chi connectivity index (χ3v) is 2.31. The lowest BCUT2D eigenvalue weighted by Gasteiger charge is -1.99. The summed E-state index contributed by atoms with van der Waals surface area (Å²) in [5, 5.41) is 4.97. The second kappa shape index (κ2) is 3.85. The van der Waals surface area contributed by atoms with Gasteiger partial charge in [0.15, 0.2) is 5.58 Å². The fraction of sp³-hybridized carbons (Fsp3) is 0.333. The summed E-state index contributed by atoms with van der Waals surface area (Å²) in [4.78, 5) is 10.7. The maximum atomic E-state index is 10.7. The van der Waals surface area contributed by atoms with Gasteiger partial charge in [0, 0.05) is 10.9 Å². The SMILES string of the molecule is CC(C)Cc1noc2ccc(C=O)cc12. The molecule has 0 saturated heterocycles. The number of rotatable bonds is 3. The van der Waals surface area contributed by atoms with Crippen LogP contribution in [0, 0.1) is 5.92 Å². The van der Waals surface area contributed by atoms with Crippen LogP contribution >= 0.6 is 0 Å². The number of nitrogens with zero attached hydrogens (tertiary/aromatic N) is 1. The van der Waals surface area contributed by atoms with Gasteiger partial charge in [0.1, 0.15) is 6.29 Å². The molecule has 0 amide bonds. The van der Waals surface area contributed by atoms with Crippen molar-refractivity contribution in [1.29, 1.82) is 0 Å². The number of carbonyl (C=O) groups is 1. The number of hydrogen-bond acceptors (Lipinski definition) is 3. The summed E-state index contributed by atoms with van der Waals surface area (Å²) in [5.41, 5.74) is 2.34. The molecule has 0 bridgehead atoms. The fourth-order valence-corrected chi connectivity index (χ4v) is 1.61. The molecule has 3 nitrogen and oxygen atoms in total. The van der Waals surface area contributed by atoms with Gasteiger partial charge in [-0.15, -0.1) is 0 Å². The van der Waals surface area contributed by atoms with E-state index in [-0.39, 0.29) is 0 Å². The van der Waals surface area contributed by atoms with Crippen LogP contribution in [0.3, 0.4) is 0 Å². The first-order chi connectivity index (χ1) is 7.20. The molecule has 1 aromatic heterocycles. The normalized spacial score (nSPS) is 11.1. The van der Waals surface area contributed by atoms with E-state index in [0.717, 1.165) is 29.4 Å². The Morgan fingerprint density at radius 3 is 2.93 bits per heavy atom. The highest BCUT2D eigenvalue weighted by Crippen LogP contribution is 2.21. The van der Waals surface area contributed by atoms with E-state index >= 15 is 0 Å². The van der Waals surface area contributed by atoms with Crippen molar-refractivity contribution in [3.63, 3.8) is 0 Å². The maximum Gasteiger partial charge on any atom is 0.167 e. The van der Waals surface area contributed by atoms with Crippen LogP contribution in [0.4, 0.5) is 0 Å². The monoisotopic (exact) mass is 203 g/mol. The van der Waals surface area contributed by atoms with Crippen LogP contribution in [-0.2, 0) is 6.42 Å². The highest BCUT2D eigenvalue weighted by molar-refractivity contribution is 5.87. The molecule has 78 valence electrons. The smallest absolute Gasteiger partial charge is 0.167 e. The van der Waals surface area contributed by atoms with Gasteiger partial charge in [0.25, 0.3) is 0 Å². The van der Waals surface area contributed by atoms with Crippen molar-refractivity contribution < 1.29 is 9.32 Å². The molecule has 2 aromatic rings. The molecule has 0 spiro atoms. The Kier molecular flexibility index (Phi) is 2.54. The molecule has 2 rings (SSSR count). The van der Waals surface area contributed by atoms with Gasteiger partial charge < -0.3 is 4.52 Å². The third kappa shape index (κ3) is 1.91. The van der Waals surface area contributed by atoms with Gasteiger partial charge in [-0.05, 0) is 30.5 Å². The second-order valence-electron chi connectivity index (χ2n) is 4.10. The molecular formula is C12H13NO2. The Morgan fingerprint density at radius 1 is 1.47 bits per heavy atom. The number of carbonyl (C=O) groups excluding carboxylic acids is 1. The largest absolute Gasteiger partial charge is 0.356 e. The van der Waals surface area contributed by atoms with E-state index in [1.165, 1.54) is 0 Å². The van der Waals surface area contributed by atoms with Crippen LogP contribution in [-0.4, -0.2) is 11.4 Å². The lowest BCUT2D eigenvalue weighted by molar-refractivity contribution is 0.112. The van der Waals surface area contributed by atoms with Crippen molar-refractivity contribution in [3.05, 3.63) is 29.5 Å². The number of hydrogen-bond donors (Lipinski definition) is 0. The minimum absolute atomic E-state index is 0.526. The zero-order valence-corrected chi connectivity index (χ0v) is 8.86. The van der Waals surface area contributed by atoms with E-state index in [1.54, 1.807) is 12.1 Å². The molecule has 0 unspecified atom stereocenters. The Balaban J connectivity index is 2.51. The van der Waals surface area contributed by atoms with Crippen LogP contribution in [0.25, 0.3) is 11.0 Å². The molecular weight excluding hydrogens is 190 g/mol. The molecule has 0 N–H and O–H groups in total. The third-order valence-electron chi connectivity index (χ3n) is 2.31. The van der Waals surface area contributed by atoms with Crippen molar-refractivity contribution in [3.8, 4) is 0 Å². The summed E-state index contributed by atoms with van der Waals surface area (Å²) < 4.78 is 5.18. The quantitative estimate of drug-likeness (QED) is 0.720. The van der Waals surface area contributed by atoms with E-state index in [1.807, 2.05) is 6.07 Å².